The summed E-state index contributed by atoms with van der Waals surface area (Å²) < 4.78 is 0. The summed E-state index contributed by atoms with van der Waals surface area (Å²) in [5.74, 6) is -4.02. The number of benzene rings is 1. The zero-order chi connectivity index (χ0) is 20.6. The van der Waals surface area contributed by atoms with Crippen molar-refractivity contribution in [1.29, 1.82) is 0 Å². The molecule has 0 saturated heterocycles. The van der Waals surface area contributed by atoms with Gasteiger partial charge in [0.05, 0.1) is 19.0 Å². The lowest BCUT2D eigenvalue weighted by Gasteiger charge is -2.22. The Balaban J connectivity index is 2.61. The largest absolute Gasteiger partial charge is 0.481 e. The summed E-state index contributed by atoms with van der Waals surface area (Å²) in [6.07, 6.45) is -0.294. The molecule has 0 aliphatic carbocycles. The smallest absolute Gasteiger partial charge is 0.313 e. The number of carboxylic acids is 1. The molecule has 0 heterocycles. The average molecular weight is 377 g/mol. The summed E-state index contributed by atoms with van der Waals surface area (Å²) in [6, 6.07) is 5.83. The highest BCUT2D eigenvalue weighted by Gasteiger charge is 2.22. The minimum absolute atomic E-state index is 0.256. The Hall–Kier alpha value is -3.23. The maximum atomic E-state index is 12.0. The molecule has 1 unspecified atom stereocenters. The minimum atomic E-state index is -1.26. The third-order valence-electron chi connectivity index (χ3n) is 3.50. The Morgan fingerprint density at radius 1 is 1.11 bits per heavy atom. The molecular weight excluding hydrogens is 354 g/mol. The van der Waals surface area contributed by atoms with E-state index < -0.39 is 42.7 Å². The van der Waals surface area contributed by atoms with E-state index in [2.05, 4.69) is 16.0 Å². The lowest BCUT2D eigenvalue weighted by Crippen LogP contribution is -2.45. The van der Waals surface area contributed by atoms with Crippen molar-refractivity contribution in [2.24, 2.45) is 0 Å². The number of aliphatic carboxylic acids is 1. The van der Waals surface area contributed by atoms with Crippen LogP contribution in [0, 0.1) is 0 Å². The van der Waals surface area contributed by atoms with Crippen molar-refractivity contribution in [3.8, 4) is 0 Å². The second kappa shape index (κ2) is 9.46. The number of amides is 3. The van der Waals surface area contributed by atoms with Gasteiger partial charge in [0.1, 0.15) is 6.29 Å². The molecule has 1 aromatic carbocycles. The number of rotatable bonds is 7. The van der Waals surface area contributed by atoms with Gasteiger partial charge in [-0.15, -0.1) is 0 Å². The van der Waals surface area contributed by atoms with E-state index >= 15 is 0 Å². The van der Waals surface area contributed by atoms with Crippen LogP contribution in [0.15, 0.2) is 24.3 Å². The highest BCUT2D eigenvalue weighted by molar-refractivity contribution is 6.40. The van der Waals surface area contributed by atoms with Crippen LogP contribution in [0.2, 0.25) is 0 Å². The highest BCUT2D eigenvalue weighted by atomic mass is 16.4. The van der Waals surface area contributed by atoms with Crippen LogP contribution >= 0.6 is 0 Å². The van der Waals surface area contributed by atoms with Gasteiger partial charge in [0.2, 0.25) is 5.91 Å². The second-order valence-electron chi connectivity index (χ2n) is 6.84. The molecule has 9 nitrogen and oxygen atoms in total. The Kier molecular flexibility index (Phi) is 7.64. The lowest BCUT2D eigenvalue weighted by molar-refractivity contribution is -0.139. The molecule has 0 aromatic heterocycles. The van der Waals surface area contributed by atoms with E-state index in [0.29, 0.717) is 5.69 Å². The van der Waals surface area contributed by atoms with Gasteiger partial charge in [-0.3, -0.25) is 19.2 Å². The van der Waals surface area contributed by atoms with Gasteiger partial charge in [0.25, 0.3) is 0 Å². The van der Waals surface area contributed by atoms with E-state index in [1.54, 1.807) is 12.1 Å². The molecule has 1 aromatic rings. The predicted molar refractivity (Wildman–Crippen MR) is 97.0 cm³/mol. The monoisotopic (exact) mass is 377 g/mol. The topological polar surface area (TPSA) is 142 Å². The van der Waals surface area contributed by atoms with Crippen molar-refractivity contribution < 1.29 is 29.1 Å². The first-order valence-corrected chi connectivity index (χ1v) is 8.19. The van der Waals surface area contributed by atoms with E-state index in [9.17, 15) is 24.0 Å². The van der Waals surface area contributed by atoms with E-state index in [-0.39, 0.29) is 11.7 Å². The van der Waals surface area contributed by atoms with Crippen LogP contribution in [0.1, 0.15) is 32.8 Å². The van der Waals surface area contributed by atoms with Crippen LogP contribution in [-0.2, 0) is 29.4 Å². The summed E-state index contributed by atoms with van der Waals surface area (Å²) in [5.41, 5.74) is 1.07. The summed E-state index contributed by atoms with van der Waals surface area (Å²) in [7, 11) is 0. The van der Waals surface area contributed by atoms with Gasteiger partial charge in [-0.25, -0.2) is 0 Å². The zero-order valence-corrected chi connectivity index (χ0v) is 15.4. The summed E-state index contributed by atoms with van der Waals surface area (Å²) >= 11 is 0. The standard InChI is InChI=1S/C18H23N3O6/c1-18(2,3)12-6-4-5-7-13(12)21-17(27)16(26)19-9-14(23)20-11(10-22)8-15(24)25/h4-7,10-11H,8-9H2,1-3H3,(H,19,26)(H,20,23)(H,21,27)(H,24,25). The number of hydrogen-bond acceptors (Lipinski definition) is 5. The number of para-hydroxylation sites is 1. The van der Waals surface area contributed by atoms with Gasteiger partial charge in [0.15, 0.2) is 0 Å². The van der Waals surface area contributed by atoms with E-state index in [1.807, 2.05) is 32.9 Å². The first kappa shape index (κ1) is 21.8. The summed E-state index contributed by atoms with van der Waals surface area (Å²) in [5, 5.41) is 15.4. The Morgan fingerprint density at radius 2 is 1.74 bits per heavy atom. The van der Waals surface area contributed by atoms with Crippen LogP contribution in [-0.4, -0.2) is 47.7 Å². The molecule has 0 aliphatic heterocycles. The minimum Gasteiger partial charge on any atom is -0.481 e. The molecule has 3 amide bonds. The molecule has 146 valence electrons. The Morgan fingerprint density at radius 3 is 2.30 bits per heavy atom. The molecule has 0 bridgehead atoms. The van der Waals surface area contributed by atoms with Crippen LogP contribution in [0.25, 0.3) is 0 Å². The van der Waals surface area contributed by atoms with Crippen LogP contribution in [0.5, 0.6) is 0 Å². The van der Waals surface area contributed by atoms with Crippen molar-refractivity contribution >= 4 is 35.7 Å². The fourth-order valence-corrected chi connectivity index (χ4v) is 2.25. The van der Waals surface area contributed by atoms with Gasteiger partial charge < -0.3 is 25.9 Å². The molecule has 27 heavy (non-hydrogen) atoms. The van der Waals surface area contributed by atoms with Crippen molar-refractivity contribution in [3.05, 3.63) is 29.8 Å². The first-order valence-electron chi connectivity index (χ1n) is 8.19. The van der Waals surface area contributed by atoms with Gasteiger partial charge in [-0.05, 0) is 17.0 Å². The number of nitrogens with one attached hydrogen (secondary N) is 3. The fraction of sp³-hybridized carbons (Fsp3) is 0.389. The van der Waals surface area contributed by atoms with E-state index in [0.717, 1.165) is 5.56 Å². The van der Waals surface area contributed by atoms with E-state index in [1.165, 1.54) is 0 Å². The molecule has 0 saturated carbocycles. The quantitative estimate of drug-likeness (QED) is 0.395. The number of carboxylic acid groups (broad SMARTS) is 1. The molecule has 0 fully saturated rings. The van der Waals surface area contributed by atoms with Gasteiger partial charge >= 0.3 is 17.8 Å². The Labute approximate surface area is 156 Å². The highest BCUT2D eigenvalue weighted by Crippen LogP contribution is 2.29. The third kappa shape index (κ3) is 7.27. The van der Waals surface area contributed by atoms with E-state index in [4.69, 9.17) is 5.11 Å². The number of aldehydes is 1. The van der Waals surface area contributed by atoms with Crippen molar-refractivity contribution in [2.45, 2.75) is 38.6 Å². The Bertz CT molecular complexity index is 739. The molecule has 0 radical (unpaired) electrons. The summed E-state index contributed by atoms with van der Waals surface area (Å²) in [6.45, 7) is 5.31. The maximum absolute atomic E-state index is 12.0. The van der Waals surface area contributed by atoms with Crippen molar-refractivity contribution in [3.63, 3.8) is 0 Å². The molecule has 0 aliphatic rings. The predicted octanol–water partition coefficient (Wildman–Crippen LogP) is 0.197. The van der Waals surface area contributed by atoms with Gasteiger partial charge in [-0.1, -0.05) is 39.0 Å². The molecule has 1 atom stereocenters. The SMILES string of the molecule is CC(C)(C)c1ccccc1NC(=O)C(=O)NCC(=O)NC(C=O)CC(=O)O. The van der Waals surface area contributed by atoms with Crippen LogP contribution < -0.4 is 16.0 Å². The summed E-state index contributed by atoms with van der Waals surface area (Å²) in [4.78, 5) is 56.8. The number of hydrogen-bond donors (Lipinski definition) is 4. The number of carbonyl (C=O) groups is 5. The second-order valence-corrected chi connectivity index (χ2v) is 6.84. The molecule has 4 N–H and O–H groups in total. The maximum Gasteiger partial charge on any atom is 0.313 e. The third-order valence-corrected chi connectivity index (χ3v) is 3.50. The number of anilines is 1. The van der Waals surface area contributed by atoms with Crippen molar-refractivity contribution in [2.75, 3.05) is 11.9 Å². The molecule has 0 spiro atoms. The van der Waals surface area contributed by atoms with Crippen LogP contribution in [0.4, 0.5) is 5.69 Å². The zero-order valence-electron chi connectivity index (χ0n) is 15.4. The molecular formula is C18H23N3O6. The lowest BCUT2D eigenvalue weighted by atomic mass is 9.86. The van der Waals surface area contributed by atoms with Gasteiger partial charge in [0, 0.05) is 5.69 Å². The van der Waals surface area contributed by atoms with Crippen LogP contribution in [0.3, 0.4) is 0 Å². The molecule has 1 rings (SSSR count). The van der Waals surface area contributed by atoms with Gasteiger partial charge in [-0.2, -0.15) is 0 Å². The van der Waals surface area contributed by atoms with Crippen molar-refractivity contribution in [1.82, 2.24) is 10.6 Å². The average Bonchev–Trinajstić information content (AvgIpc) is 2.58. The first-order chi connectivity index (χ1) is 12.5. The fourth-order valence-electron chi connectivity index (χ4n) is 2.25. The number of carbonyl (C=O) groups excluding carboxylic acids is 4. The molecule has 9 heteroatoms. The normalized spacial score (nSPS) is 11.8.